The quantitative estimate of drug-likeness (QED) is 0.710. The molecule has 6 nitrogen and oxygen atoms in total. The Kier molecular flexibility index (Phi) is 5.87. The number of aromatic amines is 1. The van der Waals surface area contributed by atoms with Gasteiger partial charge in [-0.25, -0.2) is 0 Å². The second-order valence-corrected chi connectivity index (χ2v) is 5.04. The smallest absolute Gasteiger partial charge is 0.258 e. The first-order valence-corrected chi connectivity index (χ1v) is 7.49. The number of nitrogens with one attached hydrogen (secondary N) is 3. The molecule has 1 aromatic heterocycles. The van der Waals surface area contributed by atoms with Crippen molar-refractivity contribution < 1.29 is 14.3 Å². The van der Waals surface area contributed by atoms with E-state index in [0.717, 1.165) is 0 Å². The van der Waals surface area contributed by atoms with Crippen LogP contribution in [0, 0.1) is 4.64 Å². The van der Waals surface area contributed by atoms with Crippen molar-refractivity contribution in [3.63, 3.8) is 0 Å². The zero-order valence-corrected chi connectivity index (χ0v) is 13.4. The molecule has 3 N–H and O–H groups in total. The molecular weight excluding hydrogens is 314 g/mol. The summed E-state index contributed by atoms with van der Waals surface area (Å²) < 4.78 is 5.72. The standard InChI is InChI=1S/C16H17N3O3S/c1-2-17-14(20)10-22-12-7-5-11(6-8-12)19-15(21)13-4-3-9-18-16(13)23/h3-9H,2,10H2,1H3,(H,17,20)(H,18,23)(H,19,21). The summed E-state index contributed by atoms with van der Waals surface area (Å²) in [5, 5.41) is 5.39. The summed E-state index contributed by atoms with van der Waals surface area (Å²) in [6.07, 6.45) is 1.67. The van der Waals surface area contributed by atoms with Crippen LogP contribution >= 0.6 is 12.2 Å². The van der Waals surface area contributed by atoms with E-state index in [1.165, 1.54) is 0 Å². The Bertz CT molecular complexity index is 741. The van der Waals surface area contributed by atoms with Crippen molar-refractivity contribution >= 4 is 29.7 Å². The number of aromatic nitrogens is 1. The predicted molar refractivity (Wildman–Crippen MR) is 90.2 cm³/mol. The first-order chi connectivity index (χ1) is 11.1. The molecule has 7 heteroatoms. The minimum absolute atomic E-state index is 0.0430. The molecule has 0 bridgehead atoms. The fraction of sp³-hybridized carbons (Fsp3) is 0.188. The van der Waals surface area contributed by atoms with Crippen LogP contribution in [0.1, 0.15) is 17.3 Å². The third-order valence-electron chi connectivity index (χ3n) is 2.92. The van der Waals surface area contributed by atoms with Crippen LogP contribution in [0.15, 0.2) is 42.6 Å². The van der Waals surface area contributed by atoms with Crippen LogP contribution in [0.5, 0.6) is 5.75 Å². The Morgan fingerprint density at radius 1 is 1.22 bits per heavy atom. The maximum absolute atomic E-state index is 12.1. The second-order valence-electron chi connectivity index (χ2n) is 4.63. The van der Waals surface area contributed by atoms with Gasteiger partial charge < -0.3 is 20.4 Å². The van der Waals surface area contributed by atoms with Gasteiger partial charge >= 0.3 is 0 Å². The highest BCUT2D eigenvalue weighted by atomic mass is 32.1. The Morgan fingerprint density at radius 3 is 2.61 bits per heavy atom. The Hall–Kier alpha value is -2.67. The van der Waals surface area contributed by atoms with Crippen LogP contribution in [0.2, 0.25) is 0 Å². The van der Waals surface area contributed by atoms with E-state index in [-0.39, 0.29) is 18.4 Å². The third kappa shape index (κ3) is 4.93. The number of likely N-dealkylation sites (N-methyl/N-ethyl adjacent to an activating group) is 1. The Morgan fingerprint density at radius 2 is 1.96 bits per heavy atom. The SMILES string of the molecule is CCNC(=O)COc1ccc(NC(=O)c2ccc[nH]c2=S)cc1. The van der Waals surface area contributed by atoms with E-state index >= 15 is 0 Å². The molecule has 120 valence electrons. The number of hydrogen-bond donors (Lipinski definition) is 3. The highest BCUT2D eigenvalue weighted by molar-refractivity contribution is 7.71. The highest BCUT2D eigenvalue weighted by Gasteiger charge is 2.08. The Labute approximate surface area is 138 Å². The number of rotatable bonds is 6. The van der Waals surface area contributed by atoms with E-state index < -0.39 is 0 Å². The van der Waals surface area contributed by atoms with Crippen LogP contribution in [0.4, 0.5) is 5.69 Å². The van der Waals surface area contributed by atoms with Crippen molar-refractivity contribution in [2.24, 2.45) is 0 Å². The predicted octanol–water partition coefficient (Wildman–Crippen LogP) is 2.51. The fourth-order valence-corrected chi connectivity index (χ4v) is 2.06. The van der Waals surface area contributed by atoms with E-state index in [1.54, 1.807) is 42.6 Å². The minimum atomic E-state index is -0.289. The van der Waals surface area contributed by atoms with Gasteiger partial charge in [0.25, 0.3) is 11.8 Å². The molecule has 2 rings (SSSR count). The first kappa shape index (κ1) is 16.7. The lowest BCUT2D eigenvalue weighted by atomic mass is 10.2. The van der Waals surface area contributed by atoms with Crippen LogP contribution in [-0.2, 0) is 4.79 Å². The maximum atomic E-state index is 12.1. The summed E-state index contributed by atoms with van der Waals surface area (Å²) >= 11 is 5.07. The molecule has 2 amide bonds. The summed E-state index contributed by atoms with van der Waals surface area (Å²) in [4.78, 5) is 26.2. The number of pyridine rings is 1. The van der Waals surface area contributed by atoms with Crippen molar-refractivity contribution in [1.29, 1.82) is 0 Å². The monoisotopic (exact) mass is 331 g/mol. The lowest BCUT2D eigenvalue weighted by Crippen LogP contribution is -2.28. The maximum Gasteiger partial charge on any atom is 0.258 e. The van der Waals surface area contributed by atoms with Gasteiger partial charge in [-0.05, 0) is 43.3 Å². The van der Waals surface area contributed by atoms with Crippen LogP contribution in [0.25, 0.3) is 0 Å². The van der Waals surface area contributed by atoms with E-state index in [2.05, 4.69) is 15.6 Å². The van der Waals surface area contributed by atoms with Gasteiger partial charge in [0.2, 0.25) is 0 Å². The largest absolute Gasteiger partial charge is 0.484 e. The Balaban J connectivity index is 1.95. The second kappa shape index (κ2) is 8.09. The summed E-state index contributed by atoms with van der Waals surface area (Å²) in [7, 11) is 0. The molecule has 0 spiro atoms. The van der Waals surface area contributed by atoms with E-state index in [1.807, 2.05) is 6.92 Å². The van der Waals surface area contributed by atoms with Crippen molar-refractivity contribution in [3.05, 3.63) is 52.8 Å². The zero-order chi connectivity index (χ0) is 16.7. The zero-order valence-electron chi connectivity index (χ0n) is 12.6. The number of anilines is 1. The van der Waals surface area contributed by atoms with Crippen molar-refractivity contribution in [3.8, 4) is 5.75 Å². The van der Waals surface area contributed by atoms with E-state index in [0.29, 0.717) is 28.2 Å². The molecule has 0 atom stereocenters. The summed E-state index contributed by atoms with van der Waals surface area (Å²) in [6.45, 7) is 2.36. The summed E-state index contributed by atoms with van der Waals surface area (Å²) in [6, 6.07) is 10.1. The lowest BCUT2D eigenvalue weighted by molar-refractivity contribution is -0.122. The molecule has 2 aromatic rings. The van der Waals surface area contributed by atoms with Gasteiger partial charge in [0.15, 0.2) is 6.61 Å². The summed E-state index contributed by atoms with van der Waals surface area (Å²) in [5.41, 5.74) is 1.01. The van der Waals surface area contributed by atoms with Gasteiger partial charge in [-0.15, -0.1) is 0 Å². The van der Waals surface area contributed by atoms with Gasteiger partial charge in [0, 0.05) is 18.4 Å². The normalized spacial score (nSPS) is 9.96. The van der Waals surface area contributed by atoms with Gasteiger partial charge in [-0.2, -0.15) is 0 Å². The molecule has 0 aliphatic heterocycles. The molecule has 1 heterocycles. The third-order valence-corrected chi connectivity index (χ3v) is 3.26. The molecule has 0 radical (unpaired) electrons. The average molecular weight is 331 g/mol. The van der Waals surface area contributed by atoms with Gasteiger partial charge in [-0.3, -0.25) is 9.59 Å². The van der Waals surface area contributed by atoms with Crippen molar-refractivity contribution in [1.82, 2.24) is 10.3 Å². The van der Waals surface area contributed by atoms with Gasteiger partial charge in [0.05, 0.1) is 5.56 Å². The molecule has 1 aromatic carbocycles. The summed E-state index contributed by atoms with van der Waals surface area (Å²) in [5.74, 6) is 0.0808. The van der Waals surface area contributed by atoms with Crippen LogP contribution in [0.3, 0.4) is 0 Å². The fourth-order valence-electron chi connectivity index (χ4n) is 1.83. The minimum Gasteiger partial charge on any atom is -0.484 e. The topological polar surface area (TPSA) is 83.2 Å². The lowest BCUT2D eigenvalue weighted by Gasteiger charge is -2.08. The van der Waals surface area contributed by atoms with Gasteiger partial charge in [-0.1, -0.05) is 12.2 Å². The number of carbonyl (C=O) groups is 2. The molecule has 0 unspecified atom stereocenters. The van der Waals surface area contributed by atoms with E-state index in [9.17, 15) is 9.59 Å². The molecule has 0 aliphatic carbocycles. The molecule has 0 saturated heterocycles. The van der Waals surface area contributed by atoms with Crippen molar-refractivity contribution in [2.45, 2.75) is 6.92 Å². The highest BCUT2D eigenvalue weighted by Crippen LogP contribution is 2.16. The number of hydrogen-bond acceptors (Lipinski definition) is 4. The number of benzene rings is 1. The number of ether oxygens (including phenoxy) is 1. The number of H-pyrrole nitrogens is 1. The van der Waals surface area contributed by atoms with Crippen molar-refractivity contribution in [2.75, 3.05) is 18.5 Å². The van der Waals surface area contributed by atoms with E-state index in [4.69, 9.17) is 17.0 Å². The van der Waals surface area contributed by atoms with Crippen LogP contribution in [-0.4, -0.2) is 29.9 Å². The molecule has 0 aliphatic rings. The average Bonchev–Trinajstić information content (AvgIpc) is 2.55. The molecule has 0 saturated carbocycles. The number of amides is 2. The molecule has 23 heavy (non-hydrogen) atoms. The van der Waals surface area contributed by atoms with Gasteiger partial charge in [0.1, 0.15) is 10.4 Å². The first-order valence-electron chi connectivity index (χ1n) is 7.08. The molecular formula is C16H17N3O3S. The van der Waals surface area contributed by atoms with Crippen LogP contribution < -0.4 is 15.4 Å². The molecule has 0 fully saturated rings. The number of carbonyl (C=O) groups excluding carboxylic acids is 2.